The van der Waals surface area contributed by atoms with Crippen molar-refractivity contribution < 1.29 is 23.9 Å². The molecule has 30 heavy (non-hydrogen) atoms. The number of rotatable bonds is 8. The number of esters is 1. The molecule has 6 rings (SSSR count). The fraction of sp³-hybridized carbons (Fsp3) is 0.545. The molecule has 2 heterocycles. The Labute approximate surface area is 183 Å². The Balaban J connectivity index is 1.34. The molecule has 1 aromatic rings. The summed E-state index contributed by atoms with van der Waals surface area (Å²) < 4.78 is 5.30. The van der Waals surface area contributed by atoms with E-state index >= 15 is 0 Å². The van der Waals surface area contributed by atoms with Crippen molar-refractivity contribution in [3.8, 4) is 0 Å². The minimum absolute atomic E-state index is 0.115. The first-order chi connectivity index (χ1) is 14.5. The summed E-state index contributed by atoms with van der Waals surface area (Å²) in [5.41, 5.74) is 0. The van der Waals surface area contributed by atoms with Gasteiger partial charge in [-0.2, -0.15) is 11.8 Å². The Morgan fingerprint density at radius 3 is 2.43 bits per heavy atom. The summed E-state index contributed by atoms with van der Waals surface area (Å²) in [6.07, 6.45) is 7.57. The molecule has 2 amide bonds. The van der Waals surface area contributed by atoms with E-state index in [-0.39, 0.29) is 47.9 Å². The van der Waals surface area contributed by atoms with Crippen LogP contribution in [-0.4, -0.2) is 53.1 Å². The van der Waals surface area contributed by atoms with Crippen LogP contribution in [0.4, 0.5) is 0 Å². The van der Waals surface area contributed by atoms with Gasteiger partial charge in [-0.25, -0.2) is 4.79 Å². The van der Waals surface area contributed by atoms with E-state index in [1.807, 2.05) is 6.26 Å². The lowest BCUT2D eigenvalue weighted by molar-refractivity contribution is -0.158. The molecule has 1 aromatic heterocycles. The fourth-order valence-corrected chi connectivity index (χ4v) is 6.72. The number of imide groups is 1. The number of ketones is 1. The number of ether oxygens (including phenoxy) is 1. The molecule has 7 unspecified atom stereocenters. The number of amides is 2. The summed E-state index contributed by atoms with van der Waals surface area (Å²) >= 11 is 2.83. The standard InChI is InChI=1S/C22H23NO5S2/c1-29-8-6-15(22(27)28-10-16(24)17-3-2-7-30-17)23-20(25)18-11-4-5-12(14-9-13(11)14)19(18)21(23)26/h2-5,7,11-15,18-19H,6,8-10H2,1H3. The lowest BCUT2D eigenvalue weighted by Crippen LogP contribution is -2.47. The van der Waals surface area contributed by atoms with Gasteiger partial charge in [-0.15, -0.1) is 11.3 Å². The molecule has 2 saturated carbocycles. The van der Waals surface area contributed by atoms with E-state index in [0.717, 1.165) is 6.42 Å². The molecule has 1 aliphatic heterocycles. The van der Waals surface area contributed by atoms with Crippen LogP contribution in [0.25, 0.3) is 0 Å². The Kier molecular flexibility index (Phi) is 5.09. The number of likely N-dealkylation sites (tertiary alicyclic amines) is 1. The molecule has 6 nitrogen and oxygen atoms in total. The Morgan fingerprint density at radius 2 is 1.87 bits per heavy atom. The van der Waals surface area contributed by atoms with Gasteiger partial charge < -0.3 is 4.74 Å². The normalized spacial score (nSPS) is 34.0. The first-order valence-electron chi connectivity index (χ1n) is 10.3. The number of hydrogen-bond acceptors (Lipinski definition) is 7. The van der Waals surface area contributed by atoms with Gasteiger partial charge in [0, 0.05) is 0 Å². The molecule has 0 N–H and O–H groups in total. The van der Waals surface area contributed by atoms with E-state index in [2.05, 4.69) is 12.2 Å². The molecule has 0 aromatic carbocycles. The molecule has 8 heteroatoms. The quantitative estimate of drug-likeness (QED) is 0.265. The second-order valence-corrected chi connectivity index (χ2v) is 10.4. The summed E-state index contributed by atoms with van der Waals surface area (Å²) in [4.78, 5) is 53.5. The van der Waals surface area contributed by atoms with Crippen LogP contribution in [0.15, 0.2) is 29.7 Å². The molecular weight excluding hydrogens is 422 g/mol. The van der Waals surface area contributed by atoms with Crippen LogP contribution in [0.1, 0.15) is 22.5 Å². The number of carbonyl (C=O) groups is 4. The zero-order valence-corrected chi connectivity index (χ0v) is 18.2. The van der Waals surface area contributed by atoms with E-state index in [9.17, 15) is 19.2 Å². The van der Waals surface area contributed by atoms with Crippen molar-refractivity contribution in [2.45, 2.75) is 18.9 Å². The monoisotopic (exact) mass is 445 g/mol. The number of Topliss-reactive ketones (excluding diaryl/α,β-unsaturated/α-hetero) is 1. The second kappa shape index (κ2) is 7.64. The number of hydrogen-bond donors (Lipinski definition) is 0. The molecule has 0 radical (unpaired) electrons. The third-order valence-electron chi connectivity index (χ3n) is 7.02. The van der Waals surface area contributed by atoms with Gasteiger partial charge in [0.2, 0.25) is 17.6 Å². The first kappa shape index (κ1) is 20.0. The Morgan fingerprint density at radius 1 is 1.20 bits per heavy atom. The van der Waals surface area contributed by atoms with Crippen LogP contribution < -0.4 is 0 Å². The van der Waals surface area contributed by atoms with Crippen molar-refractivity contribution in [1.29, 1.82) is 0 Å². The maximum absolute atomic E-state index is 13.3. The number of thioether (sulfide) groups is 1. The van der Waals surface area contributed by atoms with Gasteiger partial charge in [0.05, 0.1) is 16.7 Å². The number of nitrogens with zero attached hydrogens (tertiary/aromatic N) is 1. The Hall–Kier alpha value is -1.93. The maximum Gasteiger partial charge on any atom is 0.329 e. The van der Waals surface area contributed by atoms with Crippen molar-refractivity contribution in [2.75, 3.05) is 18.6 Å². The predicted octanol–water partition coefficient (Wildman–Crippen LogP) is 2.65. The zero-order valence-electron chi connectivity index (χ0n) is 16.6. The van der Waals surface area contributed by atoms with E-state index < -0.39 is 12.0 Å². The first-order valence-corrected chi connectivity index (χ1v) is 12.6. The highest BCUT2D eigenvalue weighted by Crippen LogP contribution is 2.65. The van der Waals surface area contributed by atoms with Crippen LogP contribution >= 0.6 is 23.1 Å². The van der Waals surface area contributed by atoms with E-state index in [0.29, 0.717) is 28.9 Å². The minimum atomic E-state index is -0.963. The number of allylic oxidation sites excluding steroid dienone is 2. The highest BCUT2D eigenvalue weighted by molar-refractivity contribution is 7.98. The molecule has 0 spiro atoms. The number of carbonyl (C=O) groups excluding carboxylic acids is 4. The van der Waals surface area contributed by atoms with Gasteiger partial charge in [0.1, 0.15) is 6.04 Å². The van der Waals surface area contributed by atoms with Gasteiger partial charge in [0.25, 0.3) is 0 Å². The average molecular weight is 446 g/mol. The fourth-order valence-electron chi connectivity index (χ4n) is 5.61. The van der Waals surface area contributed by atoms with Gasteiger partial charge in [-0.05, 0) is 60.0 Å². The Bertz CT molecular complexity index is 890. The molecule has 4 aliphatic carbocycles. The van der Waals surface area contributed by atoms with E-state index in [1.165, 1.54) is 16.2 Å². The highest BCUT2D eigenvalue weighted by Gasteiger charge is 2.67. The smallest absolute Gasteiger partial charge is 0.329 e. The van der Waals surface area contributed by atoms with Crippen LogP contribution in [0.5, 0.6) is 0 Å². The third kappa shape index (κ3) is 3.07. The van der Waals surface area contributed by atoms with Gasteiger partial charge in [-0.1, -0.05) is 18.2 Å². The lowest BCUT2D eigenvalue weighted by Gasteiger charge is -2.37. The van der Waals surface area contributed by atoms with Crippen molar-refractivity contribution in [1.82, 2.24) is 4.90 Å². The van der Waals surface area contributed by atoms with Crippen LogP contribution in [-0.2, 0) is 19.1 Å². The molecule has 5 aliphatic rings. The SMILES string of the molecule is CSCCC(C(=O)OCC(=O)c1cccs1)N1C(=O)C2C3C=CC(C4CC34)C2C1=O. The summed E-state index contributed by atoms with van der Waals surface area (Å²) in [5, 5.41) is 1.78. The molecule has 3 fully saturated rings. The summed E-state index contributed by atoms with van der Waals surface area (Å²) in [5.74, 6) is -0.228. The number of thiophene rings is 1. The van der Waals surface area contributed by atoms with Crippen molar-refractivity contribution in [3.63, 3.8) is 0 Å². The highest BCUT2D eigenvalue weighted by atomic mass is 32.2. The van der Waals surface area contributed by atoms with Crippen molar-refractivity contribution in [2.24, 2.45) is 35.5 Å². The van der Waals surface area contributed by atoms with Crippen molar-refractivity contribution in [3.05, 3.63) is 34.5 Å². The summed E-state index contributed by atoms with van der Waals surface area (Å²) in [6, 6.07) is 2.48. The van der Waals surface area contributed by atoms with Gasteiger partial charge in [0.15, 0.2) is 6.61 Å². The minimum Gasteiger partial charge on any atom is -0.456 e. The van der Waals surface area contributed by atoms with Crippen LogP contribution in [0.3, 0.4) is 0 Å². The molecule has 1 saturated heterocycles. The maximum atomic E-state index is 13.3. The second-order valence-electron chi connectivity index (χ2n) is 8.51. The van der Waals surface area contributed by atoms with Crippen LogP contribution in [0, 0.1) is 35.5 Å². The average Bonchev–Trinajstić information content (AvgIpc) is 3.32. The van der Waals surface area contributed by atoms with Crippen LogP contribution in [0.2, 0.25) is 0 Å². The summed E-state index contributed by atoms with van der Waals surface area (Å²) in [6.45, 7) is -0.380. The topological polar surface area (TPSA) is 80.8 Å². The predicted molar refractivity (Wildman–Crippen MR) is 113 cm³/mol. The van der Waals surface area contributed by atoms with Gasteiger partial charge >= 0.3 is 5.97 Å². The molecule has 2 bridgehead atoms. The zero-order chi connectivity index (χ0) is 21.0. The van der Waals surface area contributed by atoms with Crippen molar-refractivity contribution >= 4 is 46.7 Å². The molecular formula is C22H23NO5S2. The van der Waals surface area contributed by atoms with Gasteiger partial charge in [-0.3, -0.25) is 19.3 Å². The molecule has 158 valence electrons. The largest absolute Gasteiger partial charge is 0.456 e. The summed E-state index contributed by atoms with van der Waals surface area (Å²) in [7, 11) is 0. The van der Waals surface area contributed by atoms with E-state index in [1.54, 1.807) is 29.3 Å². The lowest BCUT2D eigenvalue weighted by atomic mass is 9.63. The third-order valence-corrected chi connectivity index (χ3v) is 8.57. The van der Waals surface area contributed by atoms with E-state index in [4.69, 9.17) is 4.74 Å². The molecule has 7 atom stereocenters.